The minimum Gasteiger partial charge on any atom is -0.507 e. The van der Waals surface area contributed by atoms with Crippen molar-refractivity contribution in [3.05, 3.63) is 72.3 Å². The van der Waals surface area contributed by atoms with E-state index in [2.05, 4.69) is 9.98 Å². The van der Waals surface area contributed by atoms with Gasteiger partial charge in [0, 0.05) is 6.21 Å². The first-order chi connectivity index (χ1) is 14.3. The number of rotatable bonds is 4. The lowest BCUT2D eigenvalue weighted by Crippen LogP contribution is -1.92. The molecule has 0 fully saturated rings. The number of hydrogen-bond acceptors (Lipinski definition) is 6. The summed E-state index contributed by atoms with van der Waals surface area (Å²) in [5, 5.41) is 10.2. The molecular formula is C23H16N2O4. The summed E-state index contributed by atoms with van der Waals surface area (Å²) < 4.78 is 16.4. The number of ether oxygens (including phenoxy) is 2. The van der Waals surface area contributed by atoms with Crippen molar-refractivity contribution >= 4 is 29.1 Å². The minimum absolute atomic E-state index is 0.0893. The molecule has 2 heterocycles. The molecule has 0 bridgehead atoms. The lowest BCUT2D eigenvalue weighted by Gasteiger charge is -2.01. The summed E-state index contributed by atoms with van der Waals surface area (Å²) in [5.41, 5.74) is 3.56. The first-order valence-electron chi connectivity index (χ1n) is 9.06. The van der Waals surface area contributed by atoms with E-state index in [-0.39, 0.29) is 12.5 Å². The molecule has 29 heavy (non-hydrogen) atoms. The SMILES string of the molecule is Oc1ccc(N=C/C=C\c2ccc3c(c2)OCO3)cc1-c1nc2ccccc2o1. The molecule has 1 aromatic heterocycles. The third-order valence-electron chi connectivity index (χ3n) is 4.50. The highest BCUT2D eigenvalue weighted by Gasteiger charge is 2.13. The highest BCUT2D eigenvalue weighted by molar-refractivity contribution is 5.82. The lowest BCUT2D eigenvalue weighted by molar-refractivity contribution is 0.174. The number of phenols is 1. The van der Waals surface area contributed by atoms with Crippen LogP contribution in [0.3, 0.4) is 0 Å². The normalized spacial score (nSPS) is 13.1. The summed E-state index contributed by atoms with van der Waals surface area (Å²) in [4.78, 5) is 8.86. The van der Waals surface area contributed by atoms with E-state index in [4.69, 9.17) is 13.9 Å². The number of aromatic nitrogens is 1. The van der Waals surface area contributed by atoms with Crippen molar-refractivity contribution in [2.45, 2.75) is 0 Å². The van der Waals surface area contributed by atoms with Gasteiger partial charge in [-0.25, -0.2) is 4.98 Å². The van der Waals surface area contributed by atoms with Gasteiger partial charge in [0.25, 0.3) is 0 Å². The third kappa shape index (κ3) is 3.43. The standard InChI is InChI=1S/C23H16N2O4/c26-19-9-8-16(13-17(19)23-25-18-5-1-2-6-20(18)29-23)24-11-3-4-15-7-10-21-22(12-15)28-14-27-21/h1-13,26H,14H2/b4-3-,24-11?. The van der Waals surface area contributed by atoms with Crippen molar-refractivity contribution in [1.29, 1.82) is 0 Å². The number of aromatic hydroxyl groups is 1. The fourth-order valence-corrected chi connectivity index (χ4v) is 3.06. The van der Waals surface area contributed by atoms with Gasteiger partial charge >= 0.3 is 0 Å². The fraction of sp³-hybridized carbons (Fsp3) is 0.0435. The lowest BCUT2D eigenvalue weighted by atomic mass is 10.1. The number of fused-ring (bicyclic) bond motifs is 2. The minimum atomic E-state index is 0.0893. The fourth-order valence-electron chi connectivity index (χ4n) is 3.06. The average Bonchev–Trinajstić information content (AvgIpc) is 3.38. The Hall–Kier alpha value is -4.06. The number of benzene rings is 3. The second kappa shape index (κ2) is 7.16. The van der Waals surface area contributed by atoms with Crippen molar-refractivity contribution in [3.8, 4) is 28.7 Å². The molecule has 0 aliphatic carbocycles. The molecule has 0 saturated carbocycles. The largest absolute Gasteiger partial charge is 0.507 e. The number of nitrogens with zero attached hydrogens (tertiary/aromatic N) is 2. The second-order valence-corrected chi connectivity index (χ2v) is 6.44. The van der Waals surface area contributed by atoms with Gasteiger partial charge in [-0.15, -0.1) is 0 Å². The maximum absolute atomic E-state index is 10.2. The van der Waals surface area contributed by atoms with Crippen molar-refractivity contribution in [1.82, 2.24) is 4.98 Å². The van der Waals surface area contributed by atoms with Crippen LogP contribution in [0.1, 0.15) is 5.56 Å². The first kappa shape index (κ1) is 17.1. The summed E-state index contributed by atoms with van der Waals surface area (Å²) in [6.07, 6.45) is 5.45. The van der Waals surface area contributed by atoms with Crippen LogP contribution in [0.4, 0.5) is 5.69 Å². The van der Waals surface area contributed by atoms with E-state index in [1.54, 1.807) is 24.4 Å². The Bertz CT molecular complexity index is 1220. The molecule has 5 rings (SSSR count). The summed E-state index contributed by atoms with van der Waals surface area (Å²) >= 11 is 0. The Balaban J connectivity index is 1.37. The molecule has 142 valence electrons. The Morgan fingerprint density at radius 3 is 2.79 bits per heavy atom. The van der Waals surface area contributed by atoms with Gasteiger partial charge in [0.05, 0.1) is 11.3 Å². The highest BCUT2D eigenvalue weighted by atomic mass is 16.7. The molecule has 1 N–H and O–H groups in total. The van der Waals surface area contributed by atoms with Gasteiger partial charge in [0.2, 0.25) is 12.7 Å². The van der Waals surface area contributed by atoms with Crippen LogP contribution in [0.2, 0.25) is 0 Å². The highest BCUT2D eigenvalue weighted by Crippen LogP contribution is 2.34. The Kier molecular flexibility index (Phi) is 4.22. The average molecular weight is 384 g/mol. The van der Waals surface area contributed by atoms with E-state index >= 15 is 0 Å². The molecule has 1 aliphatic heterocycles. The van der Waals surface area contributed by atoms with Crippen LogP contribution in [0.15, 0.2) is 76.1 Å². The van der Waals surface area contributed by atoms with Crippen LogP contribution in [0.5, 0.6) is 17.2 Å². The van der Waals surface area contributed by atoms with Gasteiger partial charge in [-0.1, -0.05) is 24.3 Å². The topological polar surface area (TPSA) is 77.1 Å². The quantitative estimate of drug-likeness (QED) is 0.480. The molecule has 0 radical (unpaired) electrons. The number of phenolic OH excluding ortho intramolecular Hbond substituents is 1. The second-order valence-electron chi connectivity index (χ2n) is 6.44. The van der Waals surface area contributed by atoms with Gasteiger partial charge in [-0.05, 0) is 54.1 Å². The molecule has 0 atom stereocenters. The molecule has 1 aliphatic rings. The first-order valence-corrected chi connectivity index (χ1v) is 9.06. The zero-order valence-corrected chi connectivity index (χ0v) is 15.3. The maximum atomic E-state index is 10.2. The molecule has 0 saturated heterocycles. The van der Waals surface area contributed by atoms with Crippen LogP contribution in [0.25, 0.3) is 28.6 Å². The van der Waals surface area contributed by atoms with Crippen molar-refractivity contribution in [3.63, 3.8) is 0 Å². The Labute approximate surface area is 166 Å². The summed E-state index contributed by atoms with van der Waals surface area (Å²) in [5.74, 6) is 1.94. The summed E-state index contributed by atoms with van der Waals surface area (Å²) in [6, 6.07) is 18.3. The van der Waals surface area contributed by atoms with Gasteiger partial charge in [0.1, 0.15) is 11.3 Å². The van der Waals surface area contributed by atoms with Gasteiger partial charge < -0.3 is 19.0 Å². The number of oxazole rings is 1. The molecule has 4 aromatic rings. The molecule has 6 heteroatoms. The van der Waals surface area contributed by atoms with Crippen LogP contribution in [0, 0.1) is 0 Å². The third-order valence-corrected chi connectivity index (χ3v) is 4.50. The molecular weight excluding hydrogens is 368 g/mol. The van der Waals surface area contributed by atoms with Gasteiger partial charge in [0.15, 0.2) is 17.1 Å². The monoisotopic (exact) mass is 384 g/mol. The number of hydrogen-bond donors (Lipinski definition) is 1. The summed E-state index contributed by atoms with van der Waals surface area (Å²) in [6.45, 7) is 0.257. The molecule has 6 nitrogen and oxygen atoms in total. The van der Waals surface area contributed by atoms with E-state index < -0.39 is 0 Å². The van der Waals surface area contributed by atoms with E-state index in [1.165, 1.54) is 0 Å². The predicted molar refractivity (Wildman–Crippen MR) is 111 cm³/mol. The van der Waals surface area contributed by atoms with Gasteiger partial charge in [-0.3, -0.25) is 4.99 Å². The number of para-hydroxylation sites is 2. The Morgan fingerprint density at radius 2 is 1.86 bits per heavy atom. The zero-order valence-electron chi connectivity index (χ0n) is 15.3. The predicted octanol–water partition coefficient (Wildman–Crippen LogP) is 5.34. The smallest absolute Gasteiger partial charge is 0.231 e. The maximum Gasteiger partial charge on any atom is 0.231 e. The van der Waals surface area contributed by atoms with E-state index in [9.17, 15) is 5.11 Å². The number of aliphatic imine (C=N–C) groups is 1. The molecule has 0 unspecified atom stereocenters. The Morgan fingerprint density at radius 1 is 0.966 bits per heavy atom. The molecule has 0 spiro atoms. The van der Waals surface area contributed by atoms with Crippen LogP contribution in [-0.4, -0.2) is 23.1 Å². The molecule has 3 aromatic carbocycles. The van der Waals surface area contributed by atoms with E-state index in [0.717, 1.165) is 22.6 Å². The van der Waals surface area contributed by atoms with Crippen LogP contribution in [-0.2, 0) is 0 Å². The van der Waals surface area contributed by atoms with Crippen LogP contribution < -0.4 is 9.47 Å². The van der Waals surface area contributed by atoms with Crippen molar-refractivity contribution < 1.29 is 19.0 Å². The van der Waals surface area contributed by atoms with Crippen molar-refractivity contribution in [2.24, 2.45) is 4.99 Å². The van der Waals surface area contributed by atoms with Crippen LogP contribution >= 0.6 is 0 Å². The zero-order chi connectivity index (χ0) is 19.6. The van der Waals surface area contributed by atoms with E-state index in [0.29, 0.717) is 22.7 Å². The van der Waals surface area contributed by atoms with Crippen molar-refractivity contribution in [2.75, 3.05) is 6.79 Å². The van der Waals surface area contributed by atoms with Gasteiger partial charge in [-0.2, -0.15) is 0 Å². The molecule has 0 amide bonds. The van der Waals surface area contributed by atoms with E-state index in [1.807, 2.05) is 54.6 Å². The number of allylic oxidation sites excluding steroid dienone is 1. The summed E-state index contributed by atoms with van der Waals surface area (Å²) in [7, 11) is 0.